The number of aryl methyl sites for hydroxylation is 1. The summed E-state index contributed by atoms with van der Waals surface area (Å²) in [6, 6.07) is 11.4. The first kappa shape index (κ1) is 12.4. The largest absolute Gasteiger partial charge is 0.497 e. The smallest absolute Gasteiger partial charge is 0.228 e. The Morgan fingerprint density at radius 2 is 1.90 bits per heavy atom. The van der Waals surface area contributed by atoms with Crippen molar-refractivity contribution >= 4 is 16.6 Å². The number of ketones is 1. The Labute approximate surface area is 116 Å². The van der Waals surface area contributed by atoms with Crippen LogP contribution in [0.1, 0.15) is 16.2 Å². The lowest BCUT2D eigenvalue weighted by Crippen LogP contribution is -2.08. The third-order valence-corrected chi connectivity index (χ3v) is 3.33. The van der Waals surface area contributed by atoms with Crippen LogP contribution in [0.3, 0.4) is 0 Å². The summed E-state index contributed by atoms with van der Waals surface area (Å²) in [5.74, 6) is 1.17. The third kappa shape index (κ3) is 2.05. The summed E-state index contributed by atoms with van der Waals surface area (Å²) in [5, 5.41) is 2.05. The summed E-state index contributed by atoms with van der Waals surface area (Å²) in [7, 11) is 3.45. The number of hydrogen-bond donors (Lipinski definition) is 0. The van der Waals surface area contributed by atoms with Crippen molar-refractivity contribution in [2.24, 2.45) is 7.05 Å². The van der Waals surface area contributed by atoms with Crippen molar-refractivity contribution in [3.63, 3.8) is 0 Å². The van der Waals surface area contributed by atoms with Gasteiger partial charge in [-0.25, -0.2) is 4.98 Å². The molecule has 0 aliphatic heterocycles. The van der Waals surface area contributed by atoms with E-state index >= 15 is 0 Å². The van der Waals surface area contributed by atoms with Gasteiger partial charge in [-0.3, -0.25) is 4.79 Å². The molecule has 0 radical (unpaired) electrons. The molecule has 100 valence electrons. The molecule has 0 saturated heterocycles. The van der Waals surface area contributed by atoms with Crippen LogP contribution in [0.5, 0.6) is 5.75 Å². The fourth-order valence-corrected chi connectivity index (χ4v) is 2.21. The normalized spacial score (nSPS) is 10.7. The summed E-state index contributed by atoms with van der Waals surface area (Å²) in [4.78, 5) is 16.5. The Hall–Kier alpha value is -2.62. The van der Waals surface area contributed by atoms with E-state index in [4.69, 9.17) is 4.74 Å². The first-order valence-corrected chi connectivity index (χ1v) is 6.29. The second-order valence-corrected chi connectivity index (χ2v) is 4.62. The average molecular weight is 266 g/mol. The molecule has 0 saturated carbocycles. The molecule has 3 aromatic rings. The molecule has 2 aromatic carbocycles. The van der Waals surface area contributed by atoms with Crippen LogP contribution >= 0.6 is 0 Å². The Morgan fingerprint density at radius 1 is 1.15 bits per heavy atom. The van der Waals surface area contributed by atoms with E-state index in [2.05, 4.69) is 4.98 Å². The standard InChI is InChI=1S/C16H14N2O2/c1-18-8-7-17-16(18)15(19)13-4-3-12-10-14(20-2)6-5-11(12)9-13/h3-10H,1-2H3. The minimum atomic E-state index is -0.0739. The molecule has 0 amide bonds. The fraction of sp³-hybridized carbons (Fsp3) is 0.125. The maximum absolute atomic E-state index is 12.4. The Kier molecular flexibility index (Phi) is 2.99. The number of carbonyl (C=O) groups excluding carboxylic acids is 1. The summed E-state index contributed by atoms with van der Waals surface area (Å²) < 4.78 is 6.92. The molecule has 0 bridgehead atoms. The highest BCUT2D eigenvalue weighted by Gasteiger charge is 2.13. The van der Waals surface area contributed by atoms with Crippen molar-refractivity contribution in [1.29, 1.82) is 0 Å². The van der Waals surface area contributed by atoms with E-state index < -0.39 is 0 Å². The van der Waals surface area contributed by atoms with Crippen LogP contribution in [-0.4, -0.2) is 22.4 Å². The molecule has 0 fully saturated rings. The molecule has 20 heavy (non-hydrogen) atoms. The third-order valence-electron chi connectivity index (χ3n) is 3.33. The molecule has 0 N–H and O–H groups in total. The van der Waals surface area contributed by atoms with E-state index in [1.807, 2.05) is 43.4 Å². The molecule has 1 heterocycles. The molecule has 0 spiro atoms. The number of nitrogens with zero attached hydrogens (tertiary/aromatic N) is 2. The van der Waals surface area contributed by atoms with Crippen LogP contribution in [0.25, 0.3) is 10.8 Å². The number of rotatable bonds is 3. The number of fused-ring (bicyclic) bond motifs is 1. The van der Waals surface area contributed by atoms with Gasteiger partial charge < -0.3 is 9.30 Å². The number of aromatic nitrogens is 2. The van der Waals surface area contributed by atoms with Crippen molar-refractivity contribution < 1.29 is 9.53 Å². The van der Waals surface area contributed by atoms with Gasteiger partial charge in [0.15, 0.2) is 5.82 Å². The van der Waals surface area contributed by atoms with Crippen LogP contribution < -0.4 is 4.74 Å². The number of imidazole rings is 1. The van der Waals surface area contributed by atoms with Crippen molar-refractivity contribution in [3.8, 4) is 5.75 Å². The zero-order chi connectivity index (χ0) is 14.1. The fourth-order valence-electron chi connectivity index (χ4n) is 2.21. The molecule has 0 unspecified atom stereocenters. The molecule has 4 nitrogen and oxygen atoms in total. The Morgan fingerprint density at radius 3 is 2.60 bits per heavy atom. The predicted molar refractivity (Wildman–Crippen MR) is 77.1 cm³/mol. The van der Waals surface area contributed by atoms with Crippen LogP contribution in [0, 0.1) is 0 Å². The topological polar surface area (TPSA) is 44.1 Å². The predicted octanol–water partition coefficient (Wildman–Crippen LogP) is 2.81. The maximum Gasteiger partial charge on any atom is 0.228 e. The number of carbonyl (C=O) groups is 1. The maximum atomic E-state index is 12.4. The van der Waals surface area contributed by atoms with E-state index in [0.717, 1.165) is 16.5 Å². The van der Waals surface area contributed by atoms with Gasteiger partial charge in [-0.05, 0) is 29.0 Å². The van der Waals surface area contributed by atoms with E-state index in [9.17, 15) is 4.79 Å². The van der Waals surface area contributed by atoms with Gasteiger partial charge >= 0.3 is 0 Å². The molecule has 1 aromatic heterocycles. The van der Waals surface area contributed by atoms with Crippen LogP contribution in [0.15, 0.2) is 48.8 Å². The molecule has 0 aliphatic rings. The SMILES string of the molecule is COc1ccc2cc(C(=O)c3nccn3C)ccc2c1. The highest BCUT2D eigenvalue weighted by Crippen LogP contribution is 2.22. The zero-order valence-corrected chi connectivity index (χ0v) is 11.3. The van der Waals surface area contributed by atoms with Crippen LogP contribution in [0.2, 0.25) is 0 Å². The van der Waals surface area contributed by atoms with Crippen molar-refractivity contribution in [2.75, 3.05) is 7.11 Å². The lowest BCUT2D eigenvalue weighted by molar-refractivity contribution is 0.102. The molecule has 0 aliphatic carbocycles. The number of hydrogen-bond acceptors (Lipinski definition) is 3. The summed E-state index contributed by atoms with van der Waals surface area (Å²) in [6.45, 7) is 0. The minimum Gasteiger partial charge on any atom is -0.497 e. The van der Waals surface area contributed by atoms with Crippen molar-refractivity contribution in [2.45, 2.75) is 0 Å². The average Bonchev–Trinajstić information content (AvgIpc) is 2.91. The second kappa shape index (κ2) is 4.81. The number of methoxy groups -OCH3 is 1. The lowest BCUT2D eigenvalue weighted by atomic mass is 10.0. The van der Waals surface area contributed by atoms with Gasteiger partial charge in [0, 0.05) is 25.0 Å². The highest BCUT2D eigenvalue weighted by molar-refractivity contribution is 6.08. The van der Waals surface area contributed by atoms with Crippen molar-refractivity contribution in [1.82, 2.24) is 9.55 Å². The molecule has 0 atom stereocenters. The van der Waals surface area contributed by atoms with Gasteiger partial charge in [-0.1, -0.05) is 18.2 Å². The molecular weight excluding hydrogens is 252 g/mol. The minimum absolute atomic E-state index is 0.0739. The molecule has 4 heteroatoms. The Balaban J connectivity index is 2.05. The van der Waals surface area contributed by atoms with Gasteiger partial charge in [0.2, 0.25) is 5.78 Å². The monoisotopic (exact) mass is 266 g/mol. The summed E-state index contributed by atoms with van der Waals surface area (Å²) in [6.07, 6.45) is 3.39. The first-order valence-electron chi connectivity index (χ1n) is 6.29. The van der Waals surface area contributed by atoms with Gasteiger partial charge in [0.25, 0.3) is 0 Å². The Bertz CT molecular complexity index is 790. The lowest BCUT2D eigenvalue weighted by Gasteiger charge is -2.05. The van der Waals surface area contributed by atoms with Gasteiger partial charge in [-0.2, -0.15) is 0 Å². The van der Waals surface area contributed by atoms with Crippen molar-refractivity contribution in [3.05, 3.63) is 60.2 Å². The van der Waals surface area contributed by atoms with Crippen LogP contribution in [-0.2, 0) is 7.05 Å². The number of benzene rings is 2. The quantitative estimate of drug-likeness (QED) is 0.685. The van der Waals surface area contributed by atoms with E-state index in [0.29, 0.717) is 11.4 Å². The molecule has 3 rings (SSSR count). The van der Waals surface area contributed by atoms with E-state index in [-0.39, 0.29) is 5.78 Å². The van der Waals surface area contributed by atoms with Gasteiger partial charge in [-0.15, -0.1) is 0 Å². The second-order valence-electron chi connectivity index (χ2n) is 4.62. The summed E-state index contributed by atoms with van der Waals surface area (Å²) >= 11 is 0. The van der Waals surface area contributed by atoms with Gasteiger partial charge in [0.05, 0.1) is 7.11 Å². The first-order chi connectivity index (χ1) is 9.69. The highest BCUT2D eigenvalue weighted by atomic mass is 16.5. The summed E-state index contributed by atoms with van der Waals surface area (Å²) in [5.41, 5.74) is 0.636. The zero-order valence-electron chi connectivity index (χ0n) is 11.3. The van der Waals surface area contributed by atoms with E-state index in [1.54, 1.807) is 24.1 Å². The van der Waals surface area contributed by atoms with E-state index in [1.165, 1.54) is 0 Å². The number of ether oxygens (including phenoxy) is 1. The van der Waals surface area contributed by atoms with Gasteiger partial charge in [0.1, 0.15) is 5.75 Å². The molecular formula is C16H14N2O2. The van der Waals surface area contributed by atoms with Crippen LogP contribution in [0.4, 0.5) is 0 Å².